The predicted octanol–water partition coefficient (Wildman–Crippen LogP) is 4.00. The summed E-state index contributed by atoms with van der Waals surface area (Å²) in [7, 11) is 1.60. The summed E-state index contributed by atoms with van der Waals surface area (Å²) >= 11 is 0. The van der Waals surface area contributed by atoms with E-state index in [-0.39, 0.29) is 12.3 Å². The van der Waals surface area contributed by atoms with Gasteiger partial charge in [0.05, 0.1) is 24.7 Å². The van der Waals surface area contributed by atoms with E-state index < -0.39 is 5.97 Å². The van der Waals surface area contributed by atoms with Crippen LogP contribution in [0.4, 0.5) is 0 Å². The Morgan fingerprint density at radius 3 is 2.68 bits per heavy atom. The SMILES string of the molecule is COc1ccc(CC(=O)O)cc1-c1cc2ccccc2nc1CNCCC(=O)C1CC1. The number of pyridine rings is 1. The van der Waals surface area contributed by atoms with Gasteiger partial charge in [0.15, 0.2) is 0 Å². The van der Waals surface area contributed by atoms with Gasteiger partial charge in [-0.3, -0.25) is 14.6 Å². The van der Waals surface area contributed by atoms with E-state index in [2.05, 4.69) is 11.4 Å². The Bertz CT molecular complexity index is 1120. The Hall–Kier alpha value is -3.25. The molecule has 2 N–H and O–H groups in total. The van der Waals surface area contributed by atoms with Gasteiger partial charge in [-0.15, -0.1) is 0 Å². The summed E-state index contributed by atoms with van der Waals surface area (Å²) in [5, 5.41) is 13.6. The molecule has 0 unspecified atom stereocenters. The number of ether oxygens (including phenoxy) is 1. The second-order valence-corrected chi connectivity index (χ2v) is 7.95. The van der Waals surface area contributed by atoms with Gasteiger partial charge in [-0.25, -0.2) is 0 Å². The van der Waals surface area contributed by atoms with Crippen LogP contribution < -0.4 is 10.1 Å². The number of benzene rings is 2. The van der Waals surface area contributed by atoms with E-state index in [1.165, 1.54) is 0 Å². The highest BCUT2D eigenvalue weighted by molar-refractivity contribution is 5.87. The predicted molar refractivity (Wildman–Crippen MR) is 119 cm³/mol. The molecule has 4 rings (SSSR count). The first-order chi connectivity index (χ1) is 15.0. The van der Waals surface area contributed by atoms with Crippen molar-refractivity contribution in [3.8, 4) is 16.9 Å². The number of para-hydroxylation sites is 1. The zero-order chi connectivity index (χ0) is 21.8. The van der Waals surface area contributed by atoms with Crippen molar-refractivity contribution in [2.75, 3.05) is 13.7 Å². The maximum atomic E-state index is 12.0. The second kappa shape index (κ2) is 9.27. The summed E-state index contributed by atoms with van der Waals surface area (Å²) < 4.78 is 5.58. The molecule has 6 heteroatoms. The fourth-order valence-electron chi connectivity index (χ4n) is 3.80. The summed E-state index contributed by atoms with van der Waals surface area (Å²) in [6.07, 6.45) is 2.53. The van der Waals surface area contributed by atoms with Gasteiger partial charge in [-0.1, -0.05) is 24.3 Å². The molecular formula is C25H26N2O4. The first-order valence-corrected chi connectivity index (χ1v) is 10.6. The molecule has 6 nitrogen and oxygen atoms in total. The number of aliphatic carboxylic acids is 1. The average molecular weight is 418 g/mol. The third-order valence-electron chi connectivity index (χ3n) is 5.59. The van der Waals surface area contributed by atoms with Crippen LogP contribution in [-0.2, 0) is 22.6 Å². The lowest BCUT2D eigenvalue weighted by Gasteiger charge is -2.16. The number of carbonyl (C=O) groups is 2. The Morgan fingerprint density at radius 2 is 1.94 bits per heavy atom. The van der Waals surface area contributed by atoms with Crippen LogP contribution in [0.1, 0.15) is 30.5 Å². The van der Waals surface area contributed by atoms with Crippen LogP contribution in [0.2, 0.25) is 0 Å². The van der Waals surface area contributed by atoms with E-state index in [1.807, 2.05) is 30.3 Å². The quantitative estimate of drug-likeness (QED) is 0.484. The van der Waals surface area contributed by atoms with Crippen LogP contribution in [0.3, 0.4) is 0 Å². The number of carbonyl (C=O) groups excluding carboxylic acids is 1. The van der Waals surface area contributed by atoms with Crippen LogP contribution in [0.25, 0.3) is 22.0 Å². The van der Waals surface area contributed by atoms with Crippen molar-refractivity contribution in [2.24, 2.45) is 5.92 Å². The number of fused-ring (bicyclic) bond motifs is 1. The monoisotopic (exact) mass is 418 g/mol. The lowest BCUT2D eigenvalue weighted by molar-refractivity contribution is -0.136. The first-order valence-electron chi connectivity index (χ1n) is 10.6. The minimum absolute atomic E-state index is 0.0606. The van der Waals surface area contributed by atoms with Crippen LogP contribution in [0, 0.1) is 5.92 Å². The number of Topliss-reactive ketones (excluding diaryl/α,β-unsaturated/α-hetero) is 1. The fourth-order valence-corrected chi connectivity index (χ4v) is 3.80. The molecule has 3 aromatic rings. The van der Waals surface area contributed by atoms with Crippen molar-refractivity contribution in [1.82, 2.24) is 10.3 Å². The molecule has 0 bridgehead atoms. The summed E-state index contributed by atoms with van der Waals surface area (Å²) in [6, 6.07) is 15.4. The summed E-state index contributed by atoms with van der Waals surface area (Å²) in [5.41, 5.74) is 4.13. The zero-order valence-electron chi connectivity index (χ0n) is 17.6. The molecule has 0 amide bonds. The van der Waals surface area contributed by atoms with Crippen molar-refractivity contribution < 1.29 is 19.4 Å². The van der Waals surface area contributed by atoms with Crippen LogP contribution in [0.5, 0.6) is 5.75 Å². The van der Waals surface area contributed by atoms with E-state index in [1.54, 1.807) is 19.2 Å². The number of methoxy groups -OCH3 is 1. The highest BCUT2D eigenvalue weighted by Crippen LogP contribution is 2.35. The highest BCUT2D eigenvalue weighted by Gasteiger charge is 2.28. The van der Waals surface area contributed by atoms with Crippen LogP contribution in [-0.4, -0.2) is 35.5 Å². The van der Waals surface area contributed by atoms with E-state index in [0.717, 1.165) is 40.6 Å². The molecule has 160 valence electrons. The number of nitrogens with one attached hydrogen (secondary N) is 1. The molecule has 0 aliphatic heterocycles. The topological polar surface area (TPSA) is 88.5 Å². The average Bonchev–Trinajstić information content (AvgIpc) is 3.61. The molecule has 1 aliphatic carbocycles. The maximum absolute atomic E-state index is 12.0. The number of nitrogens with zero attached hydrogens (tertiary/aromatic N) is 1. The van der Waals surface area contributed by atoms with Gasteiger partial charge in [-0.05, 0) is 42.7 Å². The third kappa shape index (κ3) is 5.09. The smallest absolute Gasteiger partial charge is 0.307 e. The first kappa shape index (κ1) is 21.0. The van der Waals surface area contributed by atoms with Gasteiger partial charge in [0, 0.05) is 41.9 Å². The van der Waals surface area contributed by atoms with Crippen molar-refractivity contribution in [3.63, 3.8) is 0 Å². The van der Waals surface area contributed by atoms with Crippen LogP contribution in [0.15, 0.2) is 48.5 Å². The maximum Gasteiger partial charge on any atom is 0.307 e. The number of carboxylic acids is 1. The van der Waals surface area contributed by atoms with Gasteiger partial charge in [-0.2, -0.15) is 0 Å². The molecule has 0 spiro atoms. The van der Waals surface area contributed by atoms with E-state index in [0.29, 0.717) is 36.6 Å². The second-order valence-electron chi connectivity index (χ2n) is 7.95. The van der Waals surface area contributed by atoms with Crippen molar-refractivity contribution >= 4 is 22.7 Å². The zero-order valence-corrected chi connectivity index (χ0v) is 17.6. The molecule has 0 radical (unpaired) electrons. The largest absolute Gasteiger partial charge is 0.496 e. The van der Waals surface area contributed by atoms with Crippen molar-refractivity contribution in [3.05, 3.63) is 59.8 Å². The highest BCUT2D eigenvalue weighted by atomic mass is 16.5. The lowest BCUT2D eigenvalue weighted by atomic mass is 9.97. The Balaban J connectivity index is 1.67. The number of rotatable bonds is 10. The Kier molecular flexibility index (Phi) is 6.28. The Morgan fingerprint density at radius 1 is 1.13 bits per heavy atom. The molecular weight excluding hydrogens is 392 g/mol. The lowest BCUT2D eigenvalue weighted by Crippen LogP contribution is -2.19. The minimum Gasteiger partial charge on any atom is -0.496 e. The molecule has 31 heavy (non-hydrogen) atoms. The summed E-state index contributed by atoms with van der Waals surface area (Å²) in [4.78, 5) is 28.0. The standard InChI is InChI=1S/C25H26N2O4/c1-31-24-9-6-16(13-25(29)30)12-20(24)19-14-18-4-2-3-5-21(18)27-22(19)15-26-11-10-23(28)17-7-8-17/h2-6,9,12,14,17,26H,7-8,10-11,13,15H2,1H3,(H,29,30). The number of carboxylic acid groups (broad SMARTS) is 1. The summed E-state index contributed by atoms with van der Waals surface area (Å²) in [6.45, 7) is 1.11. The van der Waals surface area contributed by atoms with E-state index in [9.17, 15) is 14.7 Å². The third-order valence-corrected chi connectivity index (χ3v) is 5.59. The fraction of sp³-hybridized carbons (Fsp3) is 0.320. The van der Waals surface area contributed by atoms with Crippen molar-refractivity contribution in [2.45, 2.75) is 32.2 Å². The van der Waals surface area contributed by atoms with Gasteiger partial charge >= 0.3 is 5.97 Å². The number of ketones is 1. The van der Waals surface area contributed by atoms with Gasteiger partial charge in [0.25, 0.3) is 0 Å². The van der Waals surface area contributed by atoms with Crippen molar-refractivity contribution in [1.29, 1.82) is 0 Å². The van der Waals surface area contributed by atoms with Crippen LogP contribution >= 0.6 is 0 Å². The molecule has 1 heterocycles. The van der Waals surface area contributed by atoms with E-state index >= 15 is 0 Å². The van der Waals surface area contributed by atoms with Gasteiger partial charge in [0.2, 0.25) is 0 Å². The Labute approximate surface area is 181 Å². The molecule has 0 saturated heterocycles. The molecule has 1 aliphatic rings. The normalized spacial score (nSPS) is 13.3. The molecule has 1 saturated carbocycles. The summed E-state index contributed by atoms with van der Waals surface area (Å²) in [5.74, 6) is 0.394. The van der Waals surface area contributed by atoms with Gasteiger partial charge in [0.1, 0.15) is 11.5 Å². The number of hydrogen-bond acceptors (Lipinski definition) is 5. The molecule has 1 aromatic heterocycles. The molecule has 0 atom stereocenters. The molecule has 1 fully saturated rings. The number of aromatic nitrogens is 1. The van der Waals surface area contributed by atoms with Gasteiger partial charge < -0.3 is 15.2 Å². The molecule has 2 aromatic carbocycles. The minimum atomic E-state index is -0.880. The van der Waals surface area contributed by atoms with E-state index in [4.69, 9.17) is 9.72 Å². The number of hydrogen-bond donors (Lipinski definition) is 2.